The van der Waals surface area contributed by atoms with Gasteiger partial charge in [-0.3, -0.25) is 9.78 Å². The first-order valence-electron chi connectivity index (χ1n) is 7.17. The first kappa shape index (κ1) is 15.3. The topological polar surface area (TPSA) is 62.2 Å². The summed E-state index contributed by atoms with van der Waals surface area (Å²) in [5.74, 6) is 1.50. The molecule has 1 aromatic heterocycles. The van der Waals surface area contributed by atoms with E-state index >= 15 is 0 Å². The molecule has 2 rings (SSSR count). The highest BCUT2D eigenvalue weighted by Crippen LogP contribution is 2.24. The number of rotatable bonds is 6. The number of pyridine rings is 1. The van der Waals surface area contributed by atoms with Crippen LogP contribution in [0.25, 0.3) is 0 Å². The number of carbonyl (C=O) groups excluding carboxylic acids is 1. The predicted octanol–water partition coefficient (Wildman–Crippen LogP) is 1.98. The van der Waals surface area contributed by atoms with Crippen molar-refractivity contribution >= 4 is 17.7 Å². The molecule has 20 heavy (non-hydrogen) atoms. The summed E-state index contributed by atoms with van der Waals surface area (Å²) in [6.45, 7) is 0.173. The molecule has 2 unspecified atom stereocenters. The van der Waals surface area contributed by atoms with Gasteiger partial charge in [-0.05, 0) is 25.0 Å². The van der Waals surface area contributed by atoms with Gasteiger partial charge in [0.05, 0.1) is 11.4 Å². The zero-order valence-corrected chi connectivity index (χ0v) is 12.4. The zero-order chi connectivity index (χ0) is 14.2. The van der Waals surface area contributed by atoms with Crippen molar-refractivity contribution in [2.75, 3.05) is 12.4 Å². The van der Waals surface area contributed by atoms with E-state index in [0.717, 1.165) is 37.1 Å². The number of aliphatic hydroxyl groups excluding tert-OH is 1. The molecule has 1 aliphatic carbocycles. The van der Waals surface area contributed by atoms with Gasteiger partial charge in [-0.15, -0.1) is 11.8 Å². The molecule has 0 aromatic carbocycles. The van der Waals surface area contributed by atoms with E-state index in [9.17, 15) is 9.90 Å². The maximum absolute atomic E-state index is 11.9. The van der Waals surface area contributed by atoms with Gasteiger partial charge >= 0.3 is 0 Å². The summed E-state index contributed by atoms with van der Waals surface area (Å²) in [4.78, 5) is 16.2. The van der Waals surface area contributed by atoms with E-state index in [4.69, 9.17) is 0 Å². The van der Waals surface area contributed by atoms with E-state index in [1.54, 1.807) is 18.0 Å². The molecule has 1 amide bonds. The second-order valence-electron chi connectivity index (χ2n) is 5.21. The smallest absolute Gasteiger partial charge is 0.230 e. The first-order valence-corrected chi connectivity index (χ1v) is 8.33. The van der Waals surface area contributed by atoms with E-state index in [0.29, 0.717) is 5.75 Å². The van der Waals surface area contributed by atoms with E-state index in [1.165, 1.54) is 0 Å². The highest BCUT2D eigenvalue weighted by atomic mass is 32.2. The highest BCUT2D eigenvalue weighted by Gasteiger charge is 2.25. The largest absolute Gasteiger partial charge is 0.396 e. The van der Waals surface area contributed by atoms with Crippen LogP contribution in [0.3, 0.4) is 0 Å². The molecule has 1 aliphatic rings. The van der Waals surface area contributed by atoms with Gasteiger partial charge < -0.3 is 10.4 Å². The van der Waals surface area contributed by atoms with E-state index in [1.807, 2.05) is 18.2 Å². The molecule has 1 heterocycles. The van der Waals surface area contributed by atoms with Crippen LogP contribution in [0.4, 0.5) is 0 Å². The number of nitrogens with one attached hydrogen (secondary N) is 1. The van der Waals surface area contributed by atoms with Crippen molar-refractivity contribution in [2.45, 2.75) is 37.5 Å². The number of hydrogen-bond acceptors (Lipinski definition) is 4. The summed E-state index contributed by atoms with van der Waals surface area (Å²) in [6.07, 6.45) is 6.07. The Morgan fingerprint density at radius 2 is 2.25 bits per heavy atom. The summed E-state index contributed by atoms with van der Waals surface area (Å²) in [7, 11) is 0. The molecule has 1 saturated carbocycles. The third kappa shape index (κ3) is 4.80. The van der Waals surface area contributed by atoms with E-state index in [2.05, 4.69) is 10.3 Å². The van der Waals surface area contributed by atoms with Crippen molar-refractivity contribution in [3.63, 3.8) is 0 Å². The van der Waals surface area contributed by atoms with Crippen LogP contribution >= 0.6 is 11.8 Å². The van der Waals surface area contributed by atoms with Crippen LogP contribution in [0.2, 0.25) is 0 Å². The van der Waals surface area contributed by atoms with Gasteiger partial charge in [0, 0.05) is 30.5 Å². The number of carbonyl (C=O) groups is 1. The van der Waals surface area contributed by atoms with Gasteiger partial charge in [0.25, 0.3) is 0 Å². The summed E-state index contributed by atoms with van der Waals surface area (Å²) in [6, 6.07) is 5.96. The molecule has 1 fully saturated rings. The van der Waals surface area contributed by atoms with Gasteiger partial charge in [-0.1, -0.05) is 18.9 Å². The van der Waals surface area contributed by atoms with Crippen LogP contribution in [0, 0.1) is 5.92 Å². The Kier molecular flexibility index (Phi) is 6.33. The molecule has 2 atom stereocenters. The van der Waals surface area contributed by atoms with Crippen molar-refractivity contribution < 1.29 is 9.90 Å². The molecular weight excluding hydrogens is 272 g/mol. The van der Waals surface area contributed by atoms with Crippen molar-refractivity contribution in [1.82, 2.24) is 10.3 Å². The van der Waals surface area contributed by atoms with Crippen LogP contribution in [0.15, 0.2) is 24.4 Å². The van der Waals surface area contributed by atoms with Gasteiger partial charge in [-0.25, -0.2) is 0 Å². The molecule has 4 nitrogen and oxygen atoms in total. The highest BCUT2D eigenvalue weighted by molar-refractivity contribution is 7.99. The quantitative estimate of drug-likeness (QED) is 0.842. The van der Waals surface area contributed by atoms with Crippen LogP contribution < -0.4 is 5.32 Å². The number of thioether (sulfide) groups is 1. The second kappa shape index (κ2) is 8.27. The first-order chi connectivity index (χ1) is 9.79. The number of aliphatic hydroxyl groups is 1. The summed E-state index contributed by atoms with van der Waals surface area (Å²) < 4.78 is 0. The lowest BCUT2D eigenvalue weighted by molar-refractivity contribution is -0.120. The number of nitrogens with zero attached hydrogens (tertiary/aromatic N) is 1. The Balaban J connectivity index is 1.69. The molecule has 0 spiro atoms. The van der Waals surface area contributed by atoms with Gasteiger partial charge in [0.1, 0.15) is 0 Å². The fourth-order valence-corrected chi connectivity index (χ4v) is 3.35. The number of hydrogen-bond donors (Lipinski definition) is 2. The summed E-state index contributed by atoms with van der Waals surface area (Å²) in [5, 5.41) is 12.4. The minimum Gasteiger partial charge on any atom is -0.396 e. The Labute approximate surface area is 124 Å². The number of amides is 1. The lowest BCUT2D eigenvalue weighted by Gasteiger charge is -2.30. The molecular formula is C15H22N2O2S. The normalized spacial score (nSPS) is 22.4. The monoisotopic (exact) mass is 294 g/mol. The standard InChI is InChI=1S/C15H22N2O2S/c18-9-12-5-1-2-7-14(12)17-15(19)11-20-10-13-6-3-4-8-16-13/h3-4,6,8,12,14,18H,1-2,5,7,9-11H2,(H,17,19). The van der Waals surface area contributed by atoms with Crippen LogP contribution in [0.1, 0.15) is 31.4 Å². The zero-order valence-electron chi connectivity index (χ0n) is 11.6. The molecule has 1 aromatic rings. The Morgan fingerprint density at radius 1 is 1.40 bits per heavy atom. The average Bonchev–Trinajstić information content (AvgIpc) is 2.49. The molecule has 5 heteroatoms. The van der Waals surface area contributed by atoms with Crippen molar-refractivity contribution in [3.8, 4) is 0 Å². The fraction of sp³-hybridized carbons (Fsp3) is 0.600. The number of aromatic nitrogens is 1. The molecule has 0 aliphatic heterocycles. The predicted molar refractivity (Wildman–Crippen MR) is 81.4 cm³/mol. The van der Waals surface area contributed by atoms with Crippen molar-refractivity contribution in [3.05, 3.63) is 30.1 Å². The SMILES string of the molecule is O=C(CSCc1ccccn1)NC1CCCCC1CO. The third-order valence-corrected chi connectivity index (χ3v) is 4.67. The minimum absolute atomic E-state index is 0.0660. The molecule has 0 bridgehead atoms. The van der Waals surface area contributed by atoms with Gasteiger partial charge in [0.2, 0.25) is 5.91 Å². The Hall–Kier alpha value is -1.07. The Bertz CT molecular complexity index is 414. The summed E-state index contributed by atoms with van der Waals surface area (Å²) in [5.41, 5.74) is 0.996. The average molecular weight is 294 g/mol. The molecule has 0 radical (unpaired) electrons. The fourth-order valence-electron chi connectivity index (χ4n) is 2.60. The second-order valence-corrected chi connectivity index (χ2v) is 6.20. The van der Waals surface area contributed by atoms with Crippen LogP contribution in [-0.2, 0) is 10.5 Å². The van der Waals surface area contributed by atoms with Crippen LogP contribution in [-0.4, -0.2) is 34.4 Å². The minimum atomic E-state index is 0.0660. The van der Waals surface area contributed by atoms with E-state index in [-0.39, 0.29) is 24.5 Å². The van der Waals surface area contributed by atoms with Gasteiger partial charge in [0.15, 0.2) is 0 Å². The van der Waals surface area contributed by atoms with Crippen molar-refractivity contribution in [1.29, 1.82) is 0 Å². The molecule has 2 N–H and O–H groups in total. The maximum atomic E-state index is 11.9. The van der Waals surface area contributed by atoms with E-state index < -0.39 is 0 Å². The lowest BCUT2D eigenvalue weighted by Crippen LogP contribution is -2.44. The molecule has 110 valence electrons. The van der Waals surface area contributed by atoms with Crippen LogP contribution in [0.5, 0.6) is 0 Å². The third-order valence-electron chi connectivity index (χ3n) is 3.70. The molecule has 0 saturated heterocycles. The maximum Gasteiger partial charge on any atom is 0.230 e. The Morgan fingerprint density at radius 3 is 3.00 bits per heavy atom. The summed E-state index contributed by atoms with van der Waals surface area (Å²) >= 11 is 1.57. The van der Waals surface area contributed by atoms with Gasteiger partial charge in [-0.2, -0.15) is 0 Å². The lowest BCUT2D eigenvalue weighted by atomic mass is 9.85. The van der Waals surface area contributed by atoms with Crippen molar-refractivity contribution in [2.24, 2.45) is 5.92 Å².